The van der Waals surface area contributed by atoms with Gasteiger partial charge >= 0.3 is 0 Å². The van der Waals surface area contributed by atoms with Crippen LogP contribution in [0.5, 0.6) is 0 Å². The molecule has 5 heteroatoms. The molecule has 0 saturated heterocycles. The maximum absolute atomic E-state index is 10.6. The molecule has 1 heterocycles. The summed E-state index contributed by atoms with van der Waals surface area (Å²) in [6.07, 6.45) is 7.22. The van der Waals surface area contributed by atoms with E-state index in [2.05, 4.69) is 47.2 Å². The summed E-state index contributed by atoms with van der Waals surface area (Å²) in [5.74, 6) is 1.27. The fraction of sp³-hybridized carbons (Fsp3) is 0.400. The van der Waals surface area contributed by atoms with Gasteiger partial charge in [-0.1, -0.05) is 12.6 Å². The van der Waals surface area contributed by atoms with Gasteiger partial charge < -0.3 is 14.8 Å². The third-order valence-electron chi connectivity index (χ3n) is 4.86. The van der Waals surface area contributed by atoms with E-state index in [1.54, 1.807) is 0 Å². The molecule has 1 fully saturated rings. The van der Waals surface area contributed by atoms with Gasteiger partial charge in [-0.25, -0.2) is 0 Å². The number of hydrogen-bond donors (Lipinski definition) is 2. The predicted octanol–water partition coefficient (Wildman–Crippen LogP) is 4.39. The molecule has 0 radical (unpaired) electrons. The first kappa shape index (κ1) is 17.3. The van der Waals surface area contributed by atoms with Crippen LogP contribution in [0.25, 0.3) is 0 Å². The maximum Gasteiger partial charge on any atom is 0.152 e. The lowest BCUT2D eigenvalue weighted by atomic mass is 10.0. The molecule has 0 aliphatic heterocycles. The van der Waals surface area contributed by atoms with Crippen molar-refractivity contribution in [1.29, 1.82) is 0 Å². The highest BCUT2D eigenvalue weighted by Crippen LogP contribution is 2.36. The fourth-order valence-corrected chi connectivity index (χ4v) is 3.47. The van der Waals surface area contributed by atoms with E-state index >= 15 is 0 Å². The molecule has 2 atom stereocenters. The van der Waals surface area contributed by atoms with Crippen LogP contribution in [0.4, 0.5) is 11.5 Å². The topological polar surface area (TPSA) is 67.0 Å². The Labute approximate surface area is 148 Å². The summed E-state index contributed by atoms with van der Waals surface area (Å²) >= 11 is 0. The van der Waals surface area contributed by atoms with E-state index in [4.69, 9.17) is 4.74 Å². The van der Waals surface area contributed by atoms with Gasteiger partial charge in [-0.2, -0.15) is 5.10 Å². The number of aromatic amines is 1. The van der Waals surface area contributed by atoms with Gasteiger partial charge in [-0.3, -0.25) is 5.10 Å². The number of aldehydes is 1. The van der Waals surface area contributed by atoms with Crippen LogP contribution in [0.1, 0.15) is 48.4 Å². The Hall–Kier alpha value is -2.56. The van der Waals surface area contributed by atoms with Gasteiger partial charge in [0, 0.05) is 29.8 Å². The largest absolute Gasteiger partial charge is 0.499 e. The third-order valence-corrected chi connectivity index (χ3v) is 4.86. The number of hydrogen-bond acceptors (Lipinski definition) is 4. The number of nitrogens with one attached hydrogen (secondary N) is 2. The second kappa shape index (κ2) is 8.01. The van der Waals surface area contributed by atoms with Crippen LogP contribution in [0.15, 0.2) is 37.1 Å². The minimum atomic E-state index is 0.264. The fourth-order valence-electron chi connectivity index (χ4n) is 3.47. The number of H-pyrrole nitrogens is 1. The van der Waals surface area contributed by atoms with Gasteiger partial charge in [-0.15, -0.1) is 0 Å². The number of aryl methyl sites for hydroxylation is 2. The van der Waals surface area contributed by atoms with E-state index < -0.39 is 0 Å². The van der Waals surface area contributed by atoms with Crippen molar-refractivity contribution in [2.24, 2.45) is 0 Å². The van der Waals surface area contributed by atoms with Crippen LogP contribution in [-0.4, -0.2) is 22.6 Å². The van der Waals surface area contributed by atoms with E-state index in [0.717, 1.165) is 49.2 Å². The van der Waals surface area contributed by atoms with Crippen LogP contribution < -0.4 is 5.32 Å². The van der Waals surface area contributed by atoms with Crippen molar-refractivity contribution in [2.75, 3.05) is 5.32 Å². The summed E-state index contributed by atoms with van der Waals surface area (Å²) in [5, 5.41) is 10.9. The van der Waals surface area contributed by atoms with Crippen molar-refractivity contribution in [3.05, 3.63) is 53.9 Å². The Morgan fingerprint density at radius 3 is 3.08 bits per heavy atom. The van der Waals surface area contributed by atoms with E-state index in [1.807, 2.05) is 6.07 Å². The van der Waals surface area contributed by atoms with Crippen LogP contribution in [0.2, 0.25) is 0 Å². The summed E-state index contributed by atoms with van der Waals surface area (Å²) in [5.41, 5.74) is 4.53. The SMILES string of the molecule is C=COC1CCC(c2cc(Nc3ccc(C)c(CCC=O)c3)n[nH]2)C1. The van der Waals surface area contributed by atoms with Gasteiger partial charge in [0.2, 0.25) is 0 Å². The lowest BCUT2D eigenvalue weighted by Crippen LogP contribution is -2.03. The van der Waals surface area contributed by atoms with Crippen molar-refractivity contribution in [3.63, 3.8) is 0 Å². The smallest absolute Gasteiger partial charge is 0.152 e. The molecule has 0 bridgehead atoms. The maximum atomic E-state index is 10.6. The second-order valence-corrected chi connectivity index (χ2v) is 6.61. The zero-order valence-corrected chi connectivity index (χ0v) is 14.6. The molecule has 0 spiro atoms. The molecule has 1 aromatic carbocycles. The zero-order valence-electron chi connectivity index (χ0n) is 14.6. The summed E-state index contributed by atoms with van der Waals surface area (Å²) in [6, 6.07) is 8.28. The van der Waals surface area contributed by atoms with Crippen molar-refractivity contribution < 1.29 is 9.53 Å². The molecule has 1 saturated carbocycles. The van der Waals surface area contributed by atoms with Crippen molar-refractivity contribution in [1.82, 2.24) is 10.2 Å². The molecule has 2 unspecified atom stereocenters. The minimum Gasteiger partial charge on any atom is -0.499 e. The Kier molecular flexibility index (Phi) is 5.53. The molecule has 0 amide bonds. The quantitative estimate of drug-likeness (QED) is 0.553. The lowest BCUT2D eigenvalue weighted by molar-refractivity contribution is -0.107. The van der Waals surface area contributed by atoms with Crippen molar-refractivity contribution >= 4 is 17.8 Å². The predicted molar refractivity (Wildman–Crippen MR) is 99.1 cm³/mol. The number of anilines is 2. The average Bonchev–Trinajstić information content (AvgIpc) is 3.25. The summed E-state index contributed by atoms with van der Waals surface area (Å²) in [4.78, 5) is 10.6. The third kappa shape index (κ3) is 4.29. The molecule has 3 rings (SSSR count). The first-order chi connectivity index (χ1) is 12.2. The molecule has 2 N–H and O–H groups in total. The normalized spacial score (nSPS) is 19.6. The average molecular weight is 339 g/mol. The van der Waals surface area contributed by atoms with Crippen molar-refractivity contribution in [3.8, 4) is 0 Å². The van der Waals surface area contributed by atoms with Gasteiger partial charge in [0.1, 0.15) is 6.29 Å². The van der Waals surface area contributed by atoms with E-state index in [9.17, 15) is 4.79 Å². The minimum absolute atomic E-state index is 0.264. The highest BCUT2D eigenvalue weighted by Gasteiger charge is 2.27. The Balaban J connectivity index is 1.65. The van der Waals surface area contributed by atoms with Crippen LogP contribution in [0, 0.1) is 6.92 Å². The summed E-state index contributed by atoms with van der Waals surface area (Å²) in [7, 11) is 0. The highest BCUT2D eigenvalue weighted by atomic mass is 16.5. The molecule has 5 nitrogen and oxygen atoms in total. The first-order valence-corrected chi connectivity index (χ1v) is 8.81. The first-order valence-electron chi connectivity index (χ1n) is 8.81. The van der Waals surface area contributed by atoms with Gasteiger partial charge in [0.15, 0.2) is 5.82 Å². The molecular weight excluding hydrogens is 314 g/mol. The molecule has 1 aliphatic rings. The number of carbonyl (C=O) groups is 1. The van der Waals surface area contributed by atoms with E-state index in [1.165, 1.54) is 17.4 Å². The summed E-state index contributed by atoms with van der Waals surface area (Å²) < 4.78 is 5.50. The van der Waals surface area contributed by atoms with Crippen LogP contribution in [0.3, 0.4) is 0 Å². The monoisotopic (exact) mass is 339 g/mol. The zero-order chi connectivity index (χ0) is 17.6. The number of benzene rings is 1. The van der Waals surface area contributed by atoms with E-state index in [0.29, 0.717) is 12.3 Å². The molecular formula is C20H25N3O2. The number of carbonyl (C=O) groups excluding carboxylic acids is 1. The van der Waals surface area contributed by atoms with E-state index in [-0.39, 0.29) is 6.10 Å². The Morgan fingerprint density at radius 1 is 1.40 bits per heavy atom. The standard InChI is InChI=1S/C20H25N3O2/c1-3-25-18-9-7-16(12-18)19-13-20(23-22-19)21-17-8-6-14(2)15(11-17)5-4-10-24/h3,6,8,10-11,13,16,18H,1,4-5,7,9,12H2,2H3,(H2,21,22,23). The number of nitrogens with zero attached hydrogens (tertiary/aromatic N) is 1. The number of aromatic nitrogens is 2. The van der Waals surface area contributed by atoms with Gasteiger partial charge in [0.05, 0.1) is 12.4 Å². The highest BCUT2D eigenvalue weighted by molar-refractivity contribution is 5.59. The van der Waals surface area contributed by atoms with Crippen molar-refractivity contribution in [2.45, 2.75) is 51.0 Å². The molecule has 2 aromatic rings. The Morgan fingerprint density at radius 2 is 2.28 bits per heavy atom. The molecule has 1 aromatic heterocycles. The molecule has 25 heavy (non-hydrogen) atoms. The van der Waals surface area contributed by atoms with Crippen LogP contribution >= 0.6 is 0 Å². The molecule has 132 valence electrons. The number of ether oxygens (including phenoxy) is 1. The van der Waals surface area contributed by atoms with Crippen LogP contribution in [-0.2, 0) is 16.0 Å². The number of rotatable bonds is 8. The van der Waals surface area contributed by atoms with Gasteiger partial charge in [-0.05, 0) is 55.9 Å². The second-order valence-electron chi connectivity index (χ2n) is 6.61. The Bertz CT molecular complexity index is 738. The van der Waals surface area contributed by atoms with Gasteiger partial charge in [0.25, 0.3) is 0 Å². The lowest BCUT2D eigenvalue weighted by Gasteiger charge is -2.09. The molecule has 1 aliphatic carbocycles. The summed E-state index contributed by atoms with van der Waals surface area (Å²) in [6.45, 7) is 5.70.